The van der Waals surface area contributed by atoms with Crippen molar-refractivity contribution in [1.82, 2.24) is 10.1 Å². The highest BCUT2D eigenvalue weighted by molar-refractivity contribution is 7.22. The Bertz CT molecular complexity index is 1090. The Kier molecular flexibility index (Phi) is 4.00. The lowest BCUT2D eigenvalue weighted by Crippen LogP contribution is -2.29. The van der Waals surface area contributed by atoms with Crippen LogP contribution in [0.4, 0.5) is 13.9 Å². The third-order valence-electron chi connectivity index (χ3n) is 3.61. The molecule has 4 rings (SSSR count). The summed E-state index contributed by atoms with van der Waals surface area (Å²) in [5.41, 5.74) is 0.543. The summed E-state index contributed by atoms with van der Waals surface area (Å²) in [5, 5.41) is 3.90. The van der Waals surface area contributed by atoms with Gasteiger partial charge in [0.2, 0.25) is 5.76 Å². The topological polar surface area (TPSA) is 72.4 Å². The lowest BCUT2D eigenvalue weighted by atomic mass is 10.3. The number of hydrogen-bond acceptors (Lipinski definition) is 6. The van der Waals surface area contributed by atoms with Crippen LogP contribution in [0.1, 0.15) is 22.0 Å². The summed E-state index contributed by atoms with van der Waals surface area (Å²) in [6.45, 7) is 1.74. The predicted octanol–water partition coefficient (Wildman–Crippen LogP) is 4.31. The van der Waals surface area contributed by atoms with Crippen LogP contribution in [0.3, 0.4) is 0 Å². The van der Waals surface area contributed by atoms with E-state index < -0.39 is 17.5 Å². The maximum atomic E-state index is 14.0. The number of amides is 1. The number of fused-ring (bicyclic) bond motifs is 1. The van der Waals surface area contributed by atoms with Crippen molar-refractivity contribution in [3.8, 4) is 0 Å². The molecular formula is C17H11F2N3O3S. The van der Waals surface area contributed by atoms with Crippen LogP contribution in [-0.2, 0) is 6.54 Å². The van der Waals surface area contributed by atoms with Crippen molar-refractivity contribution in [2.45, 2.75) is 13.5 Å². The minimum absolute atomic E-state index is 0.00241. The van der Waals surface area contributed by atoms with Crippen molar-refractivity contribution in [3.63, 3.8) is 0 Å². The summed E-state index contributed by atoms with van der Waals surface area (Å²) in [6.07, 6.45) is 1.48. The molecular weight excluding hydrogens is 364 g/mol. The molecule has 6 nitrogen and oxygen atoms in total. The number of halogens is 2. The SMILES string of the molecule is Cc1cc(C(=O)N(Cc2ccco2)c2nc3c(F)cc(F)cc3s2)on1. The minimum atomic E-state index is -0.789. The van der Waals surface area contributed by atoms with Gasteiger partial charge < -0.3 is 8.94 Å². The van der Waals surface area contributed by atoms with E-state index in [1.54, 1.807) is 19.1 Å². The van der Waals surface area contributed by atoms with Crippen LogP contribution in [0, 0.1) is 18.6 Å². The van der Waals surface area contributed by atoms with E-state index in [4.69, 9.17) is 8.94 Å². The van der Waals surface area contributed by atoms with Crippen molar-refractivity contribution < 1.29 is 22.5 Å². The molecule has 0 spiro atoms. The lowest BCUT2D eigenvalue weighted by Gasteiger charge is -2.16. The van der Waals surface area contributed by atoms with Crippen LogP contribution >= 0.6 is 11.3 Å². The molecule has 0 fully saturated rings. The largest absolute Gasteiger partial charge is 0.467 e. The van der Waals surface area contributed by atoms with Crippen molar-refractivity contribution in [3.05, 3.63) is 65.4 Å². The molecule has 4 aromatic rings. The van der Waals surface area contributed by atoms with Gasteiger partial charge in [0.05, 0.1) is 23.2 Å². The van der Waals surface area contributed by atoms with E-state index in [1.165, 1.54) is 23.3 Å². The third-order valence-corrected chi connectivity index (χ3v) is 4.64. The van der Waals surface area contributed by atoms with Gasteiger partial charge in [-0.25, -0.2) is 13.8 Å². The van der Waals surface area contributed by atoms with Gasteiger partial charge in [-0.05, 0) is 25.1 Å². The molecule has 0 saturated heterocycles. The molecule has 132 valence electrons. The summed E-state index contributed by atoms with van der Waals surface area (Å²) >= 11 is 0.996. The Morgan fingerprint density at radius 2 is 2.15 bits per heavy atom. The number of thiazole rings is 1. The Labute approximate surface area is 149 Å². The summed E-state index contributed by atoms with van der Waals surface area (Å²) < 4.78 is 38.1. The fourth-order valence-corrected chi connectivity index (χ4v) is 3.45. The monoisotopic (exact) mass is 375 g/mol. The van der Waals surface area contributed by atoms with E-state index in [2.05, 4.69) is 10.1 Å². The van der Waals surface area contributed by atoms with E-state index in [0.29, 0.717) is 16.2 Å². The maximum absolute atomic E-state index is 14.0. The van der Waals surface area contributed by atoms with Crippen molar-refractivity contribution >= 4 is 32.6 Å². The highest BCUT2D eigenvalue weighted by Gasteiger charge is 2.26. The van der Waals surface area contributed by atoms with Gasteiger partial charge in [-0.15, -0.1) is 0 Å². The number of carbonyl (C=O) groups is 1. The fourth-order valence-electron chi connectivity index (χ4n) is 2.44. The number of benzene rings is 1. The van der Waals surface area contributed by atoms with Gasteiger partial charge in [0.15, 0.2) is 10.9 Å². The summed E-state index contributed by atoms with van der Waals surface area (Å²) in [7, 11) is 0. The molecule has 0 saturated carbocycles. The Hall–Kier alpha value is -3.07. The molecule has 0 aliphatic rings. The molecule has 0 N–H and O–H groups in total. The second kappa shape index (κ2) is 6.34. The van der Waals surface area contributed by atoms with E-state index >= 15 is 0 Å². The molecule has 0 radical (unpaired) electrons. The number of carbonyl (C=O) groups excluding carboxylic acids is 1. The van der Waals surface area contributed by atoms with Gasteiger partial charge in [-0.2, -0.15) is 0 Å². The van der Waals surface area contributed by atoms with E-state index in [-0.39, 0.29) is 23.0 Å². The molecule has 0 unspecified atom stereocenters. The predicted molar refractivity (Wildman–Crippen MR) is 90.0 cm³/mol. The highest BCUT2D eigenvalue weighted by atomic mass is 32.1. The fraction of sp³-hybridized carbons (Fsp3) is 0.118. The average molecular weight is 375 g/mol. The smallest absolute Gasteiger partial charge is 0.299 e. The van der Waals surface area contributed by atoms with Crippen LogP contribution < -0.4 is 4.90 Å². The molecule has 1 aromatic carbocycles. The normalized spacial score (nSPS) is 11.2. The lowest BCUT2D eigenvalue weighted by molar-refractivity contribution is 0.0947. The molecule has 0 bridgehead atoms. The van der Waals surface area contributed by atoms with Crippen LogP contribution in [0.5, 0.6) is 0 Å². The maximum Gasteiger partial charge on any atom is 0.299 e. The van der Waals surface area contributed by atoms with Crippen LogP contribution in [0.2, 0.25) is 0 Å². The zero-order valence-electron chi connectivity index (χ0n) is 13.4. The number of rotatable bonds is 4. The highest BCUT2D eigenvalue weighted by Crippen LogP contribution is 2.32. The molecule has 26 heavy (non-hydrogen) atoms. The number of hydrogen-bond donors (Lipinski definition) is 0. The zero-order chi connectivity index (χ0) is 18.3. The first kappa shape index (κ1) is 16.4. The number of anilines is 1. The van der Waals surface area contributed by atoms with Gasteiger partial charge in [0.1, 0.15) is 17.1 Å². The number of nitrogens with zero attached hydrogens (tertiary/aromatic N) is 3. The molecule has 1 amide bonds. The van der Waals surface area contributed by atoms with E-state index in [1.807, 2.05) is 0 Å². The van der Waals surface area contributed by atoms with Crippen LogP contribution in [-0.4, -0.2) is 16.0 Å². The zero-order valence-corrected chi connectivity index (χ0v) is 14.2. The van der Waals surface area contributed by atoms with Gasteiger partial charge in [0, 0.05) is 12.1 Å². The molecule has 3 aromatic heterocycles. The Morgan fingerprint density at radius 1 is 1.31 bits per heavy atom. The second-order valence-electron chi connectivity index (χ2n) is 5.53. The first-order chi connectivity index (χ1) is 12.5. The van der Waals surface area contributed by atoms with E-state index in [0.717, 1.165) is 17.4 Å². The standard InChI is InChI=1S/C17H11F2N3O3S/c1-9-5-13(25-21-9)16(23)22(8-11-3-2-4-24-11)17-20-15-12(19)6-10(18)7-14(15)26-17/h2-7H,8H2,1H3. The van der Waals surface area contributed by atoms with Crippen molar-refractivity contribution in [2.24, 2.45) is 0 Å². The summed E-state index contributed by atoms with van der Waals surface area (Å²) in [6, 6.07) is 6.80. The first-order valence-corrected chi connectivity index (χ1v) is 8.36. The second-order valence-corrected chi connectivity index (χ2v) is 6.54. The molecule has 0 aliphatic carbocycles. The summed E-state index contributed by atoms with van der Waals surface area (Å²) in [4.78, 5) is 18.3. The van der Waals surface area contributed by atoms with Gasteiger partial charge in [-0.3, -0.25) is 9.69 Å². The summed E-state index contributed by atoms with van der Waals surface area (Å²) in [5.74, 6) is -1.49. The molecule has 3 heterocycles. The third kappa shape index (κ3) is 2.97. The Balaban J connectivity index is 1.79. The quantitative estimate of drug-likeness (QED) is 0.531. The Morgan fingerprint density at radius 3 is 2.85 bits per heavy atom. The van der Waals surface area contributed by atoms with Gasteiger partial charge in [0.25, 0.3) is 5.91 Å². The number of aryl methyl sites for hydroxylation is 1. The number of furan rings is 1. The minimum Gasteiger partial charge on any atom is -0.467 e. The van der Waals surface area contributed by atoms with Crippen LogP contribution in [0.25, 0.3) is 10.2 Å². The van der Waals surface area contributed by atoms with Gasteiger partial charge in [-0.1, -0.05) is 16.5 Å². The van der Waals surface area contributed by atoms with Gasteiger partial charge >= 0.3 is 0 Å². The van der Waals surface area contributed by atoms with E-state index in [9.17, 15) is 13.6 Å². The molecule has 0 aliphatic heterocycles. The number of aromatic nitrogens is 2. The van der Waals surface area contributed by atoms with Crippen molar-refractivity contribution in [2.75, 3.05) is 4.90 Å². The molecule has 9 heteroatoms. The van der Waals surface area contributed by atoms with Crippen LogP contribution in [0.15, 0.2) is 45.5 Å². The van der Waals surface area contributed by atoms with Crippen molar-refractivity contribution in [1.29, 1.82) is 0 Å². The molecule has 0 atom stereocenters. The average Bonchev–Trinajstić information content (AvgIpc) is 3.32. The first-order valence-electron chi connectivity index (χ1n) is 7.54.